The number of benzene rings is 1. The summed E-state index contributed by atoms with van der Waals surface area (Å²) in [5.41, 5.74) is 6.85. The van der Waals surface area contributed by atoms with Gasteiger partial charge in [-0.2, -0.15) is 0 Å². The molecule has 0 atom stereocenters. The molecule has 0 spiro atoms. The molecule has 8 heteroatoms. The number of thiocarbonyl (C=S) groups is 1. The van der Waals surface area contributed by atoms with Gasteiger partial charge >= 0.3 is 0 Å². The van der Waals surface area contributed by atoms with Gasteiger partial charge in [-0.05, 0) is 36.2 Å². The first-order chi connectivity index (χ1) is 10.0. The summed E-state index contributed by atoms with van der Waals surface area (Å²) >= 11 is 5.89. The molecule has 3 N–H and O–H groups in total. The minimum absolute atomic E-state index is 0.0148. The molecule has 0 aliphatic rings. The fourth-order valence-corrected chi connectivity index (χ4v) is 2.56. The van der Waals surface area contributed by atoms with Crippen LogP contribution in [0.3, 0.4) is 0 Å². The molecule has 1 heterocycles. The molecule has 21 heavy (non-hydrogen) atoms. The molecule has 0 bridgehead atoms. The average molecular weight is 324 g/mol. The van der Waals surface area contributed by atoms with Gasteiger partial charge in [0, 0.05) is 5.56 Å². The van der Waals surface area contributed by atoms with Crippen molar-refractivity contribution < 1.29 is 9.18 Å². The van der Waals surface area contributed by atoms with E-state index in [4.69, 9.17) is 18.0 Å². The largest absolute Gasteiger partial charge is 0.389 e. The number of hydrogen-bond donors (Lipinski definition) is 2. The van der Waals surface area contributed by atoms with Gasteiger partial charge < -0.3 is 11.1 Å². The zero-order chi connectivity index (χ0) is 15.4. The quantitative estimate of drug-likeness (QED) is 0.826. The van der Waals surface area contributed by atoms with E-state index < -0.39 is 5.82 Å². The van der Waals surface area contributed by atoms with Crippen molar-refractivity contribution in [1.29, 1.82) is 0 Å². The lowest BCUT2D eigenvalue weighted by Crippen LogP contribution is -2.18. The van der Waals surface area contributed by atoms with Crippen LogP contribution in [0, 0.1) is 5.82 Å². The molecule has 2 aromatic rings. The molecule has 0 unspecified atom stereocenters. The summed E-state index contributed by atoms with van der Waals surface area (Å²) in [6.07, 6.45) is 1.53. The Morgan fingerprint density at radius 1 is 1.52 bits per heavy atom. The van der Waals surface area contributed by atoms with Crippen LogP contribution < -0.4 is 11.1 Å². The van der Waals surface area contributed by atoms with E-state index in [2.05, 4.69) is 14.9 Å². The Labute approximate surface area is 130 Å². The van der Waals surface area contributed by atoms with Crippen molar-refractivity contribution in [3.05, 3.63) is 40.2 Å². The van der Waals surface area contributed by atoms with E-state index >= 15 is 0 Å². The lowest BCUT2D eigenvalue weighted by atomic mass is 10.1. The molecule has 1 aromatic carbocycles. The molecule has 2 rings (SSSR count). The number of aromatic nitrogens is 2. The standard InChI is InChI=1S/C13H13FN4OS2/c1-2-3-10-11(21-18-17-10)13(19)16-9-5-4-7(14)6-8(9)12(15)20/h4-6H,2-3H2,1H3,(H2,15,20)(H,16,19). The van der Waals surface area contributed by atoms with Gasteiger partial charge in [-0.3, -0.25) is 4.79 Å². The third kappa shape index (κ3) is 3.59. The zero-order valence-corrected chi connectivity index (χ0v) is 12.9. The topological polar surface area (TPSA) is 80.9 Å². The number of nitrogens with zero attached hydrogens (tertiary/aromatic N) is 2. The molecule has 0 saturated carbocycles. The van der Waals surface area contributed by atoms with E-state index in [1.807, 2.05) is 6.92 Å². The number of carbonyl (C=O) groups excluding carboxylic acids is 1. The van der Waals surface area contributed by atoms with E-state index in [-0.39, 0.29) is 16.5 Å². The number of halogens is 1. The first-order valence-corrected chi connectivity index (χ1v) is 7.43. The molecule has 0 fully saturated rings. The molecular formula is C13H13FN4OS2. The number of aryl methyl sites for hydroxylation is 1. The van der Waals surface area contributed by atoms with Gasteiger partial charge in [0.15, 0.2) is 0 Å². The summed E-state index contributed by atoms with van der Waals surface area (Å²) in [7, 11) is 0. The minimum atomic E-state index is -0.470. The number of hydrogen-bond acceptors (Lipinski definition) is 5. The molecule has 110 valence electrons. The maximum atomic E-state index is 13.2. The third-order valence-corrected chi connectivity index (χ3v) is 3.73. The first-order valence-electron chi connectivity index (χ1n) is 6.24. The maximum Gasteiger partial charge on any atom is 0.269 e. The van der Waals surface area contributed by atoms with Gasteiger partial charge in [-0.15, -0.1) is 5.10 Å². The van der Waals surface area contributed by atoms with E-state index in [9.17, 15) is 9.18 Å². The SMILES string of the molecule is CCCc1nnsc1C(=O)Nc1ccc(F)cc1C(N)=S. The highest BCUT2D eigenvalue weighted by Crippen LogP contribution is 2.20. The Bertz CT molecular complexity index is 687. The number of anilines is 1. The summed E-state index contributed by atoms with van der Waals surface area (Å²) in [4.78, 5) is 12.7. The fourth-order valence-electron chi connectivity index (χ4n) is 1.79. The number of nitrogens with one attached hydrogen (secondary N) is 1. The predicted molar refractivity (Wildman–Crippen MR) is 84.1 cm³/mol. The van der Waals surface area contributed by atoms with Gasteiger partial charge in [0.25, 0.3) is 5.91 Å². The smallest absolute Gasteiger partial charge is 0.269 e. The van der Waals surface area contributed by atoms with Crippen LogP contribution in [0.2, 0.25) is 0 Å². The second-order valence-electron chi connectivity index (χ2n) is 4.31. The minimum Gasteiger partial charge on any atom is -0.389 e. The van der Waals surface area contributed by atoms with Crippen LogP contribution in [-0.2, 0) is 6.42 Å². The van der Waals surface area contributed by atoms with Gasteiger partial charge in [0.1, 0.15) is 15.7 Å². The Balaban J connectivity index is 2.27. The number of nitrogens with two attached hydrogens (primary N) is 1. The average Bonchev–Trinajstić information content (AvgIpc) is 2.89. The summed E-state index contributed by atoms with van der Waals surface area (Å²) in [6, 6.07) is 3.85. The summed E-state index contributed by atoms with van der Waals surface area (Å²) in [6.45, 7) is 1.99. The number of amides is 1. The maximum absolute atomic E-state index is 13.2. The van der Waals surface area contributed by atoms with Crippen LogP contribution in [0.25, 0.3) is 0 Å². The summed E-state index contributed by atoms with van der Waals surface area (Å²) < 4.78 is 17.0. The second kappa shape index (κ2) is 6.68. The van der Waals surface area contributed by atoms with Crippen LogP contribution in [0.5, 0.6) is 0 Å². The van der Waals surface area contributed by atoms with Gasteiger partial charge in [-0.25, -0.2) is 4.39 Å². The van der Waals surface area contributed by atoms with Crippen molar-refractivity contribution in [2.45, 2.75) is 19.8 Å². The van der Waals surface area contributed by atoms with Crippen molar-refractivity contribution in [3.63, 3.8) is 0 Å². The highest BCUT2D eigenvalue weighted by molar-refractivity contribution is 7.80. The monoisotopic (exact) mass is 324 g/mol. The highest BCUT2D eigenvalue weighted by atomic mass is 32.1. The van der Waals surface area contributed by atoms with Crippen LogP contribution in [0.15, 0.2) is 18.2 Å². The Morgan fingerprint density at radius 2 is 2.29 bits per heavy atom. The fraction of sp³-hybridized carbons (Fsp3) is 0.231. The van der Waals surface area contributed by atoms with E-state index in [1.165, 1.54) is 18.2 Å². The van der Waals surface area contributed by atoms with Crippen molar-refractivity contribution in [2.75, 3.05) is 5.32 Å². The predicted octanol–water partition coefficient (Wildman–Crippen LogP) is 2.52. The van der Waals surface area contributed by atoms with E-state index in [0.29, 0.717) is 22.7 Å². The zero-order valence-electron chi connectivity index (χ0n) is 11.2. The summed E-state index contributed by atoms with van der Waals surface area (Å²) in [5.74, 6) is -0.820. The van der Waals surface area contributed by atoms with Crippen molar-refractivity contribution in [3.8, 4) is 0 Å². The van der Waals surface area contributed by atoms with Crippen LogP contribution in [-0.4, -0.2) is 20.5 Å². The molecule has 0 radical (unpaired) electrons. The molecule has 0 aliphatic carbocycles. The normalized spacial score (nSPS) is 10.4. The molecular weight excluding hydrogens is 311 g/mol. The Kier molecular flexibility index (Phi) is 4.92. The van der Waals surface area contributed by atoms with Crippen molar-refractivity contribution >= 4 is 40.3 Å². The summed E-state index contributed by atoms with van der Waals surface area (Å²) in [5, 5.41) is 6.62. The van der Waals surface area contributed by atoms with Crippen LogP contribution >= 0.6 is 23.8 Å². The van der Waals surface area contributed by atoms with Gasteiger partial charge in [0.05, 0.1) is 11.4 Å². The molecule has 5 nitrogen and oxygen atoms in total. The van der Waals surface area contributed by atoms with E-state index in [1.54, 1.807) is 0 Å². The molecule has 0 aliphatic heterocycles. The highest BCUT2D eigenvalue weighted by Gasteiger charge is 2.17. The Hall–Kier alpha value is -1.93. The molecule has 1 aromatic heterocycles. The second-order valence-corrected chi connectivity index (χ2v) is 5.50. The molecule has 0 saturated heterocycles. The van der Waals surface area contributed by atoms with Crippen LogP contribution in [0.1, 0.15) is 34.3 Å². The van der Waals surface area contributed by atoms with Crippen LogP contribution in [0.4, 0.5) is 10.1 Å². The number of rotatable bonds is 5. The van der Waals surface area contributed by atoms with Gasteiger partial charge in [-0.1, -0.05) is 30.1 Å². The lowest BCUT2D eigenvalue weighted by molar-refractivity contribution is 0.102. The first kappa shape index (κ1) is 15.5. The van der Waals surface area contributed by atoms with Crippen molar-refractivity contribution in [1.82, 2.24) is 9.59 Å². The van der Waals surface area contributed by atoms with E-state index in [0.717, 1.165) is 18.0 Å². The van der Waals surface area contributed by atoms with Gasteiger partial charge in [0.2, 0.25) is 0 Å². The third-order valence-electron chi connectivity index (χ3n) is 2.74. The lowest BCUT2D eigenvalue weighted by Gasteiger charge is -2.09. The Morgan fingerprint density at radius 3 is 2.95 bits per heavy atom. The number of carbonyl (C=O) groups is 1. The van der Waals surface area contributed by atoms with Crippen molar-refractivity contribution in [2.24, 2.45) is 5.73 Å². The molecule has 1 amide bonds.